The number of carbonyl (C=O) groups is 2. The lowest BCUT2D eigenvalue weighted by atomic mass is 10.2. The molecule has 0 spiro atoms. The van der Waals surface area contributed by atoms with Gasteiger partial charge in [-0.3, -0.25) is 9.59 Å². The first-order valence-electron chi connectivity index (χ1n) is 10.1. The van der Waals surface area contributed by atoms with Gasteiger partial charge in [-0.1, -0.05) is 30.3 Å². The summed E-state index contributed by atoms with van der Waals surface area (Å²) in [5.41, 5.74) is 1.40. The van der Waals surface area contributed by atoms with Gasteiger partial charge in [0, 0.05) is 31.5 Å². The van der Waals surface area contributed by atoms with Crippen LogP contribution in [0.2, 0.25) is 0 Å². The van der Waals surface area contributed by atoms with Crippen LogP contribution in [0.3, 0.4) is 0 Å². The standard InChI is InChI=1S/C22H25N3O4S2/c1-22-13-12-20(26)25(22)19(15-30-22)21(27)23-17-8-10-18(11-9-17)31(28,29)24(2)14-16-6-4-3-5-7-16/h3-11,19H,12-15H2,1-2H3,(H,23,27). The Balaban J connectivity index is 1.43. The highest BCUT2D eigenvalue weighted by Crippen LogP contribution is 2.47. The summed E-state index contributed by atoms with van der Waals surface area (Å²) in [5.74, 6) is 0.323. The molecule has 2 unspecified atom stereocenters. The van der Waals surface area contributed by atoms with Crippen LogP contribution in [0.25, 0.3) is 0 Å². The smallest absolute Gasteiger partial charge is 0.248 e. The maximum atomic E-state index is 12.9. The van der Waals surface area contributed by atoms with E-state index in [-0.39, 0.29) is 28.1 Å². The first-order valence-corrected chi connectivity index (χ1v) is 12.5. The van der Waals surface area contributed by atoms with Crippen LogP contribution in [0.4, 0.5) is 5.69 Å². The van der Waals surface area contributed by atoms with Crippen molar-refractivity contribution in [3.63, 3.8) is 0 Å². The van der Waals surface area contributed by atoms with Crippen LogP contribution < -0.4 is 5.32 Å². The molecule has 2 aromatic rings. The van der Waals surface area contributed by atoms with Gasteiger partial charge in [0.2, 0.25) is 21.8 Å². The number of hydrogen-bond acceptors (Lipinski definition) is 5. The molecule has 0 bridgehead atoms. The molecule has 0 aliphatic carbocycles. The topological polar surface area (TPSA) is 86.8 Å². The summed E-state index contributed by atoms with van der Waals surface area (Å²) >= 11 is 1.64. The molecule has 2 aromatic carbocycles. The zero-order chi connectivity index (χ0) is 22.2. The highest BCUT2D eigenvalue weighted by Gasteiger charge is 2.52. The average Bonchev–Trinajstić information content (AvgIpc) is 3.25. The SMILES string of the molecule is CN(Cc1ccccc1)S(=O)(=O)c1ccc(NC(=O)C2CSC3(C)CCC(=O)N23)cc1. The van der Waals surface area contributed by atoms with E-state index < -0.39 is 16.1 Å². The van der Waals surface area contributed by atoms with Gasteiger partial charge in [0.05, 0.1) is 9.77 Å². The Kier molecular flexibility index (Phi) is 5.85. The molecule has 2 aliphatic rings. The fourth-order valence-electron chi connectivity index (χ4n) is 4.06. The number of rotatable bonds is 6. The molecular formula is C22H25N3O4S2. The second-order valence-corrected chi connectivity index (χ2v) is 11.6. The number of amides is 2. The van der Waals surface area contributed by atoms with Gasteiger partial charge in [-0.25, -0.2) is 8.42 Å². The van der Waals surface area contributed by atoms with Crippen molar-refractivity contribution in [3.8, 4) is 0 Å². The van der Waals surface area contributed by atoms with Crippen LogP contribution in [0.5, 0.6) is 0 Å². The van der Waals surface area contributed by atoms with Crippen LogP contribution in [0, 0.1) is 0 Å². The third kappa shape index (κ3) is 4.22. The molecule has 9 heteroatoms. The number of nitrogens with one attached hydrogen (secondary N) is 1. The Morgan fingerprint density at radius 1 is 1.19 bits per heavy atom. The molecule has 164 valence electrons. The van der Waals surface area contributed by atoms with Crippen LogP contribution in [0.1, 0.15) is 25.3 Å². The van der Waals surface area contributed by atoms with E-state index in [1.807, 2.05) is 37.3 Å². The molecule has 2 saturated heterocycles. The van der Waals surface area contributed by atoms with Crippen molar-refractivity contribution < 1.29 is 18.0 Å². The van der Waals surface area contributed by atoms with Gasteiger partial charge in [0.15, 0.2) is 0 Å². The summed E-state index contributed by atoms with van der Waals surface area (Å²) in [7, 11) is -2.12. The van der Waals surface area contributed by atoms with Crippen molar-refractivity contribution in [1.82, 2.24) is 9.21 Å². The summed E-state index contributed by atoms with van der Waals surface area (Å²) in [4.78, 5) is 26.6. The minimum Gasteiger partial charge on any atom is -0.324 e. The van der Waals surface area contributed by atoms with Crippen molar-refractivity contribution in [3.05, 3.63) is 60.2 Å². The number of benzene rings is 2. The van der Waals surface area contributed by atoms with E-state index in [1.165, 1.54) is 16.4 Å². The molecule has 0 aromatic heterocycles. The van der Waals surface area contributed by atoms with E-state index >= 15 is 0 Å². The first-order chi connectivity index (χ1) is 14.7. The van der Waals surface area contributed by atoms with Gasteiger partial charge in [0.25, 0.3) is 0 Å². The maximum absolute atomic E-state index is 12.9. The van der Waals surface area contributed by atoms with E-state index in [9.17, 15) is 18.0 Å². The number of carbonyl (C=O) groups excluding carboxylic acids is 2. The van der Waals surface area contributed by atoms with Crippen LogP contribution in [0.15, 0.2) is 59.5 Å². The molecule has 2 aliphatic heterocycles. The Labute approximate surface area is 186 Å². The van der Waals surface area contributed by atoms with Gasteiger partial charge >= 0.3 is 0 Å². The molecule has 2 atom stereocenters. The predicted octanol–water partition coefficient (Wildman–Crippen LogP) is 2.90. The van der Waals surface area contributed by atoms with Crippen molar-refractivity contribution in [2.75, 3.05) is 18.1 Å². The van der Waals surface area contributed by atoms with Crippen molar-refractivity contribution >= 4 is 39.3 Å². The Bertz CT molecular complexity index is 1090. The second kappa shape index (κ2) is 8.29. The van der Waals surface area contributed by atoms with Crippen LogP contribution in [-0.4, -0.2) is 53.2 Å². The van der Waals surface area contributed by atoms with Crippen LogP contribution in [-0.2, 0) is 26.2 Å². The number of anilines is 1. The number of nitrogens with zero attached hydrogens (tertiary/aromatic N) is 2. The molecule has 2 heterocycles. The molecule has 2 amide bonds. The summed E-state index contributed by atoms with van der Waals surface area (Å²) in [6, 6.07) is 15.0. The molecule has 0 saturated carbocycles. The zero-order valence-corrected chi connectivity index (χ0v) is 19.1. The second-order valence-electron chi connectivity index (χ2n) is 8.03. The lowest BCUT2D eigenvalue weighted by molar-refractivity contribution is -0.135. The van der Waals surface area contributed by atoms with Crippen molar-refractivity contribution in [1.29, 1.82) is 0 Å². The van der Waals surface area contributed by atoms with E-state index in [0.717, 1.165) is 12.0 Å². The number of fused-ring (bicyclic) bond motifs is 1. The average molecular weight is 460 g/mol. The zero-order valence-electron chi connectivity index (χ0n) is 17.4. The normalized spacial score (nSPS) is 23.3. The molecule has 1 N–H and O–H groups in total. The van der Waals surface area contributed by atoms with Crippen molar-refractivity contribution in [2.24, 2.45) is 0 Å². The van der Waals surface area contributed by atoms with Crippen LogP contribution >= 0.6 is 11.8 Å². The highest BCUT2D eigenvalue weighted by molar-refractivity contribution is 8.01. The van der Waals surface area contributed by atoms with E-state index in [0.29, 0.717) is 17.9 Å². The van der Waals surface area contributed by atoms with Gasteiger partial charge < -0.3 is 10.2 Å². The summed E-state index contributed by atoms with van der Waals surface area (Å²) in [6.07, 6.45) is 1.22. The molecule has 7 nitrogen and oxygen atoms in total. The molecular weight excluding hydrogens is 434 g/mol. The summed E-state index contributed by atoms with van der Waals surface area (Å²) in [5, 5.41) is 2.83. The van der Waals surface area contributed by atoms with Gasteiger partial charge in [0.1, 0.15) is 6.04 Å². The highest BCUT2D eigenvalue weighted by atomic mass is 32.2. The molecule has 31 heavy (non-hydrogen) atoms. The molecule has 0 radical (unpaired) electrons. The monoisotopic (exact) mass is 459 g/mol. The number of thioether (sulfide) groups is 1. The summed E-state index contributed by atoms with van der Waals surface area (Å²) in [6.45, 7) is 2.27. The third-order valence-electron chi connectivity index (χ3n) is 5.83. The Morgan fingerprint density at radius 3 is 2.55 bits per heavy atom. The Hall–Kier alpha value is -2.36. The van der Waals surface area contributed by atoms with E-state index in [2.05, 4.69) is 5.32 Å². The predicted molar refractivity (Wildman–Crippen MR) is 121 cm³/mol. The minimum absolute atomic E-state index is 0.00976. The van der Waals surface area contributed by atoms with Gasteiger partial charge in [-0.05, 0) is 43.2 Å². The lowest BCUT2D eigenvalue weighted by Crippen LogP contribution is -2.48. The van der Waals surface area contributed by atoms with Crippen molar-refractivity contribution in [2.45, 2.75) is 42.1 Å². The van der Waals surface area contributed by atoms with Gasteiger partial charge in [-0.2, -0.15) is 4.31 Å². The number of hydrogen-bond donors (Lipinski definition) is 1. The first kappa shape index (κ1) is 21.9. The Morgan fingerprint density at radius 2 is 1.87 bits per heavy atom. The molecule has 2 fully saturated rings. The lowest BCUT2D eigenvalue weighted by Gasteiger charge is -2.29. The minimum atomic E-state index is -3.66. The third-order valence-corrected chi connectivity index (χ3v) is 9.15. The van der Waals surface area contributed by atoms with Gasteiger partial charge in [-0.15, -0.1) is 11.8 Å². The van der Waals surface area contributed by atoms with E-state index in [4.69, 9.17) is 0 Å². The number of sulfonamides is 1. The quantitative estimate of drug-likeness (QED) is 0.718. The molecule has 4 rings (SSSR count). The fourth-order valence-corrected chi connectivity index (χ4v) is 6.65. The fraction of sp³-hybridized carbons (Fsp3) is 0.364. The summed E-state index contributed by atoms with van der Waals surface area (Å²) < 4.78 is 27.0. The van der Waals surface area contributed by atoms with E-state index in [1.54, 1.807) is 35.8 Å². The largest absolute Gasteiger partial charge is 0.324 e. The maximum Gasteiger partial charge on any atom is 0.248 e.